The zero-order valence-corrected chi connectivity index (χ0v) is 18.3. The quantitative estimate of drug-likeness (QED) is 0.226. The number of carbonyl (C=O) groups excluding carboxylic acids is 4. The molecule has 1 aliphatic heterocycles. The lowest BCUT2D eigenvalue weighted by Gasteiger charge is -2.15. The molecule has 2 aromatic carbocycles. The SMILES string of the molecule is O=C(COC(=O)CN1C(=O)C(=O)c2cc(Br)ccc21)Nc1nc2ccc([N+](=O)[O-])cc2s1. The maximum Gasteiger partial charge on any atom is 0.326 e. The number of nitrogens with zero attached hydrogens (tertiary/aromatic N) is 3. The van der Waals surface area contributed by atoms with Crippen LogP contribution in [0.5, 0.6) is 0 Å². The standard InChI is InChI=1S/C19H11BrN4O7S/c20-9-1-4-13-11(5-9)17(27)18(28)23(13)7-16(26)31-8-15(25)22-19-21-12-3-2-10(24(29)30)6-14(12)32-19/h1-6H,7-8H2,(H,21,22,25). The van der Waals surface area contributed by atoms with Gasteiger partial charge in [0.1, 0.15) is 6.54 Å². The van der Waals surface area contributed by atoms with Gasteiger partial charge < -0.3 is 4.74 Å². The molecule has 0 spiro atoms. The van der Waals surface area contributed by atoms with E-state index in [-0.39, 0.29) is 22.1 Å². The minimum absolute atomic E-state index is 0.100. The van der Waals surface area contributed by atoms with Crippen molar-refractivity contribution in [2.24, 2.45) is 0 Å². The van der Waals surface area contributed by atoms with Crippen molar-refractivity contribution in [2.45, 2.75) is 0 Å². The molecule has 1 aliphatic rings. The van der Waals surface area contributed by atoms with Gasteiger partial charge in [-0.3, -0.25) is 39.5 Å². The van der Waals surface area contributed by atoms with E-state index >= 15 is 0 Å². The van der Waals surface area contributed by atoms with Crippen molar-refractivity contribution in [1.82, 2.24) is 4.98 Å². The van der Waals surface area contributed by atoms with E-state index in [2.05, 4.69) is 26.2 Å². The molecule has 0 fully saturated rings. The number of fused-ring (bicyclic) bond motifs is 2. The minimum Gasteiger partial charge on any atom is -0.454 e. The molecular weight excluding hydrogens is 508 g/mol. The van der Waals surface area contributed by atoms with E-state index in [1.165, 1.54) is 30.3 Å². The third-order valence-electron chi connectivity index (χ3n) is 4.41. The molecule has 0 saturated heterocycles. The number of thiazole rings is 1. The Balaban J connectivity index is 1.35. The van der Waals surface area contributed by atoms with E-state index in [4.69, 9.17) is 4.74 Å². The molecular formula is C19H11BrN4O7S. The van der Waals surface area contributed by atoms with Crippen molar-refractivity contribution in [3.8, 4) is 0 Å². The summed E-state index contributed by atoms with van der Waals surface area (Å²) < 4.78 is 6.03. The summed E-state index contributed by atoms with van der Waals surface area (Å²) in [5, 5.41) is 13.5. The number of benzene rings is 2. The molecule has 4 rings (SSSR count). The van der Waals surface area contributed by atoms with Crippen LogP contribution in [0.4, 0.5) is 16.5 Å². The highest BCUT2D eigenvalue weighted by Crippen LogP contribution is 2.31. The van der Waals surface area contributed by atoms with Crippen LogP contribution in [0.15, 0.2) is 40.9 Å². The van der Waals surface area contributed by atoms with Crippen LogP contribution in [0.3, 0.4) is 0 Å². The second-order valence-corrected chi connectivity index (χ2v) is 8.47. The Morgan fingerprint density at radius 3 is 2.75 bits per heavy atom. The number of carbonyl (C=O) groups is 4. The molecule has 13 heteroatoms. The van der Waals surface area contributed by atoms with E-state index in [0.29, 0.717) is 14.7 Å². The number of nitro benzene ring substituents is 1. The van der Waals surface area contributed by atoms with Crippen molar-refractivity contribution in [3.05, 3.63) is 56.5 Å². The monoisotopic (exact) mass is 518 g/mol. The number of hydrogen-bond acceptors (Lipinski definition) is 9. The zero-order chi connectivity index (χ0) is 23.0. The summed E-state index contributed by atoms with van der Waals surface area (Å²) in [4.78, 5) is 63.9. The largest absolute Gasteiger partial charge is 0.454 e. The Morgan fingerprint density at radius 1 is 1.22 bits per heavy atom. The van der Waals surface area contributed by atoms with Crippen molar-refractivity contribution in [2.75, 3.05) is 23.4 Å². The van der Waals surface area contributed by atoms with Gasteiger partial charge in [-0.25, -0.2) is 4.98 Å². The molecule has 1 aromatic heterocycles. The summed E-state index contributed by atoms with van der Waals surface area (Å²) in [6, 6.07) is 8.75. The van der Waals surface area contributed by atoms with Gasteiger partial charge in [-0.15, -0.1) is 0 Å². The van der Waals surface area contributed by atoms with E-state index in [9.17, 15) is 29.3 Å². The predicted octanol–water partition coefficient (Wildman–Crippen LogP) is 2.68. The van der Waals surface area contributed by atoms with Gasteiger partial charge in [-0.2, -0.15) is 0 Å². The summed E-state index contributed by atoms with van der Waals surface area (Å²) >= 11 is 4.25. The summed E-state index contributed by atoms with van der Waals surface area (Å²) in [5.41, 5.74) is 0.825. The molecule has 1 N–H and O–H groups in total. The summed E-state index contributed by atoms with van der Waals surface area (Å²) in [5.74, 6) is -3.15. The van der Waals surface area contributed by atoms with Gasteiger partial charge in [0.2, 0.25) is 0 Å². The second-order valence-electron chi connectivity index (χ2n) is 6.52. The summed E-state index contributed by atoms with van der Waals surface area (Å²) in [6.45, 7) is -1.17. The van der Waals surface area contributed by atoms with E-state index in [0.717, 1.165) is 16.2 Å². The maximum absolute atomic E-state index is 12.2. The summed E-state index contributed by atoms with van der Waals surface area (Å²) in [6.07, 6.45) is 0. The lowest BCUT2D eigenvalue weighted by molar-refractivity contribution is -0.384. The number of rotatable bonds is 6. The zero-order valence-electron chi connectivity index (χ0n) is 15.9. The van der Waals surface area contributed by atoms with Gasteiger partial charge in [0.15, 0.2) is 11.7 Å². The number of nitrogens with one attached hydrogen (secondary N) is 1. The molecule has 0 unspecified atom stereocenters. The molecule has 2 heterocycles. The third kappa shape index (κ3) is 4.20. The van der Waals surface area contributed by atoms with Crippen LogP contribution in [-0.4, -0.2) is 46.6 Å². The molecule has 0 bridgehead atoms. The number of halogens is 1. The van der Waals surface area contributed by atoms with Crippen LogP contribution in [0.2, 0.25) is 0 Å². The Morgan fingerprint density at radius 2 is 2.00 bits per heavy atom. The first-order valence-electron chi connectivity index (χ1n) is 8.89. The first kappa shape index (κ1) is 21.5. The maximum atomic E-state index is 12.2. The van der Waals surface area contributed by atoms with Crippen molar-refractivity contribution in [3.63, 3.8) is 0 Å². The fourth-order valence-electron chi connectivity index (χ4n) is 2.99. The van der Waals surface area contributed by atoms with Crippen LogP contribution in [0.25, 0.3) is 10.2 Å². The number of amides is 2. The number of aromatic nitrogens is 1. The second kappa shape index (κ2) is 8.43. The first-order chi connectivity index (χ1) is 15.2. The topological polar surface area (TPSA) is 149 Å². The van der Waals surface area contributed by atoms with E-state index in [1.54, 1.807) is 6.07 Å². The highest BCUT2D eigenvalue weighted by molar-refractivity contribution is 9.10. The molecule has 0 radical (unpaired) electrons. The highest BCUT2D eigenvalue weighted by atomic mass is 79.9. The van der Waals surface area contributed by atoms with Gasteiger partial charge in [0.05, 0.1) is 26.4 Å². The van der Waals surface area contributed by atoms with Crippen LogP contribution in [0.1, 0.15) is 10.4 Å². The van der Waals surface area contributed by atoms with Crippen LogP contribution >= 0.6 is 27.3 Å². The molecule has 32 heavy (non-hydrogen) atoms. The Kier molecular flexibility index (Phi) is 5.67. The normalized spacial score (nSPS) is 12.7. The van der Waals surface area contributed by atoms with Crippen LogP contribution in [0, 0.1) is 10.1 Å². The Hall–Kier alpha value is -3.71. The van der Waals surface area contributed by atoms with Gasteiger partial charge in [-0.05, 0) is 24.3 Å². The molecule has 0 atom stereocenters. The number of non-ortho nitro benzene ring substituents is 1. The lowest BCUT2D eigenvalue weighted by atomic mass is 10.1. The number of Topliss-reactive ketones (excluding diaryl/α,β-unsaturated/α-hetero) is 1. The summed E-state index contributed by atoms with van der Waals surface area (Å²) in [7, 11) is 0. The molecule has 0 aliphatic carbocycles. The number of ketones is 1. The van der Waals surface area contributed by atoms with Gasteiger partial charge in [-0.1, -0.05) is 27.3 Å². The minimum atomic E-state index is -0.878. The number of ether oxygens (including phenoxy) is 1. The Bertz CT molecular complexity index is 1320. The first-order valence-corrected chi connectivity index (χ1v) is 10.5. The third-order valence-corrected chi connectivity index (χ3v) is 5.84. The average molecular weight is 519 g/mol. The van der Waals surface area contributed by atoms with Gasteiger partial charge in [0, 0.05) is 16.6 Å². The molecule has 2 amide bonds. The average Bonchev–Trinajstić information content (AvgIpc) is 3.25. The van der Waals surface area contributed by atoms with Gasteiger partial charge in [0.25, 0.3) is 23.3 Å². The van der Waals surface area contributed by atoms with Crippen molar-refractivity contribution in [1.29, 1.82) is 0 Å². The number of nitro groups is 1. The van der Waals surface area contributed by atoms with Crippen molar-refractivity contribution >= 4 is 77.6 Å². The molecule has 11 nitrogen and oxygen atoms in total. The fourth-order valence-corrected chi connectivity index (χ4v) is 4.26. The smallest absolute Gasteiger partial charge is 0.326 e. The molecule has 0 saturated carbocycles. The highest BCUT2D eigenvalue weighted by Gasteiger charge is 2.37. The van der Waals surface area contributed by atoms with E-state index in [1.807, 2.05) is 0 Å². The Labute approximate surface area is 191 Å². The number of hydrogen-bond donors (Lipinski definition) is 1. The molecule has 162 valence electrons. The van der Waals surface area contributed by atoms with Crippen LogP contribution in [-0.2, 0) is 19.1 Å². The van der Waals surface area contributed by atoms with Crippen LogP contribution < -0.4 is 10.2 Å². The van der Waals surface area contributed by atoms with Crippen molar-refractivity contribution < 1.29 is 28.8 Å². The van der Waals surface area contributed by atoms with Gasteiger partial charge >= 0.3 is 5.97 Å². The number of anilines is 2. The fraction of sp³-hybridized carbons (Fsp3) is 0.105. The molecule has 3 aromatic rings. The predicted molar refractivity (Wildman–Crippen MR) is 117 cm³/mol. The number of esters is 1. The van der Waals surface area contributed by atoms with E-state index < -0.39 is 41.6 Å². The lowest BCUT2D eigenvalue weighted by Crippen LogP contribution is -2.36.